The number of nitrogens with two attached hydrogens (primary N) is 1. The molecule has 0 amide bonds. The van der Waals surface area contributed by atoms with E-state index in [1.54, 1.807) is 6.26 Å². The van der Waals surface area contributed by atoms with Gasteiger partial charge in [-0.25, -0.2) is 0 Å². The molecule has 1 aromatic rings. The van der Waals surface area contributed by atoms with Crippen molar-refractivity contribution in [1.29, 1.82) is 0 Å². The highest BCUT2D eigenvalue weighted by atomic mass is 16.3. The maximum Gasteiger partial charge on any atom is 0.122 e. The summed E-state index contributed by atoms with van der Waals surface area (Å²) in [5.41, 5.74) is 6.27. The lowest BCUT2D eigenvalue weighted by Crippen LogP contribution is -2.45. The fraction of sp³-hybridized carbons (Fsp3) is 0.667. The van der Waals surface area contributed by atoms with E-state index in [2.05, 4.69) is 23.9 Å². The third-order valence-electron chi connectivity index (χ3n) is 3.40. The Bertz CT molecular complexity index is 312. The van der Waals surface area contributed by atoms with Gasteiger partial charge in [-0.2, -0.15) is 0 Å². The van der Waals surface area contributed by atoms with Gasteiger partial charge >= 0.3 is 0 Å². The van der Waals surface area contributed by atoms with Gasteiger partial charge in [-0.3, -0.25) is 0 Å². The van der Waals surface area contributed by atoms with Gasteiger partial charge in [-0.15, -0.1) is 0 Å². The van der Waals surface area contributed by atoms with E-state index in [0.717, 1.165) is 25.4 Å². The zero-order valence-electron chi connectivity index (χ0n) is 10.1. The van der Waals surface area contributed by atoms with Gasteiger partial charge in [0.05, 0.1) is 12.3 Å². The summed E-state index contributed by atoms with van der Waals surface area (Å²) in [6, 6.07) is 4.15. The first-order chi connectivity index (χ1) is 7.68. The van der Waals surface area contributed by atoms with Crippen LogP contribution in [0.2, 0.25) is 0 Å². The summed E-state index contributed by atoms with van der Waals surface area (Å²) in [6.45, 7) is 3.24. The fourth-order valence-electron chi connectivity index (χ4n) is 2.36. The van der Waals surface area contributed by atoms with Gasteiger partial charge in [0.2, 0.25) is 0 Å². The molecule has 0 radical (unpaired) electrons. The third-order valence-corrected chi connectivity index (χ3v) is 3.40. The number of nitrogens with zero attached hydrogens (tertiary/aromatic N) is 2. The Morgan fingerprint density at radius 1 is 1.44 bits per heavy atom. The minimum Gasteiger partial charge on any atom is -0.468 e. The molecule has 1 saturated heterocycles. The van der Waals surface area contributed by atoms with E-state index in [1.807, 2.05) is 12.1 Å². The highest BCUT2D eigenvalue weighted by Gasteiger charge is 2.28. The van der Waals surface area contributed by atoms with Crippen molar-refractivity contribution in [3.05, 3.63) is 24.2 Å². The Labute approximate surface area is 97.0 Å². The molecule has 4 nitrogen and oxygen atoms in total. The van der Waals surface area contributed by atoms with Crippen molar-refractivity contribution >= 4 is 0 Å². The lowest BCUT2D eigenvalue weighted by atomic mass is 10.1. The number of hydrogen-bond acceptors (Lipinski definition) is 4. The lowest BCUT2D eigenvalue weighted by Gasteiger charge is -2.31. The molecule has 4 heteroatoms. The van der Waals surface area contributed by atoms with Crippen molar-refractivity contribution in [2.24, 2.45) is 5.73 Å². The summed E-state index contributed by atoms with van der Waals surface area (Å²) >= 11 is 0. The van der Waals surface area contributed by atoms with Crippen LogP contribution in [0.1, 0.15) is 18.2 Å². The predicted octanol–water partition coefficient (Wildman–Crippen LogP) is 0.915. The zero-order chi connectivity index (χ0) is 11.5. The largest absolute Gasteiger partial charge is 0.468 e. The average Bonchev–Trinajstić information content (AvgIpc) is 2.72. The molecule has 0 bridgehead atoms. The van der Waals surface area contributed by atoms with Crippen LogP contribution >= 0.6 is 0 Å². The molecule has 2 heterocycles. The second-order valence-corrected chi connectivity index (χ2v) is 4.70. The molecular formula is C12H21N3O. The van der Waals surface area contributed by atoms with Crippen LogP contribution < -0.4 is 5.73 Å². The Morgan fingerprint density at radius 2 is 2.25 bits per heavy atom. The Kier molecular flexibility index (Phi) is 3.63. The van der Waals surface area contributed by atoms with Gasteiger partial charge in [-0.05, 0) is 45.7 Å². The van der Waals surface area contributed by atoms with Gasteiger partial charge in [0.15, 0.2) is 0 Å². The summed E-state index contributed by atoms with van der Waals surface area (Å²) in [6.07, 6.45) is 2.89. The molecular weight excluding hydrogens is 202 g/mol. The molecule has 90 valence electrons. The first-order valence-electron chi connectivity index (χ1n) is 5.86. The first kappa shape index (κ1) is 11.6. The van der Waals surface area contributed by atoms with Crippen LogP contribution in [-0.4, -0.2) is 49.6 Å². The second kappa shape index (κ2) is 4.99. The minimum atomic E-state index is -0.0412. The quantitative estimate of drug-likeness (QED) is 0.809. The second-order valence-electron chi connectivity index (χ2n) is 4.70. The number of likely N-dealkylation sites (N-methyl/N-ethyl adjacent to an activating group) is 2. The third kappa shape index (κ3) is 2.45. The van der Waals surface area contributed by atoms with E-state index in [4.69, 9.17) is 10.2 Å². The number of hydrogen-bond donors (Lipinski definition) is 1. The van der Waals surface area contributed by atoms with Gasteiger partial charge in [0.25, 0.3) is 0 Å². The highest BCUT2D eigenvalue weighted by Crippen LogP contribution is 2.21. The van der Waals surface area contributed by atoms with Crippen LogP contribution in [0.5, 0.6) is 0 Å². The monoisotopic (exact) mass is 223 g/mol. The molecule has 0 saturated carbocycles. The van der Waals surface area contributed by atoms with E-state index in [-0.39, 0.29) is 6.04 Å². The minimum absolute atomic E-state index is 0.0412. The molecule has 2 N–H and O–H groups in total. The molecule has 0 aliphatic carbocycles. The molecule has 2 unspecified atom stereocenters. The van der Waals surface area contributed by atoms with Gasteiger partial charge in [0, 0.05) is 12.6 Å². The van der Waals surface area contributed by atoms with Crippen molar-refractivity contribution < 1.29 is 4.42 Å². The summed E-state index contributed by atoms with van der Waals surface area (Å²) in [5.74, 6) is 0.882. The molecule has 1 aliphatic rings. The average molecular weight is 223 g/mol. The maximum absolute atomic E-state index is 6.27. The van der Waals surface area contributed by atoms with Crippen LogP contribution in [0, 0.1) is 0 Å². The Morgan fingerprint density at radius 3 is 2.94 bits per heavy atom. The molecule has 1 aromatic heterocycles. The summed E-state index contributed by atoms with van der Waals surface area (Å²) < 4.78 is 5.40. The van der Waals surface area contributed by atoms with Crippen LogP contribution in [0.4, 0.5) is 0 Å². The number of furan rings is 1. The smallest absolute Gasteiger partial charge is 0.122 e. The van der Waals surface area contributed by atoms with Crippen molar-refractivity contribution in [2.45, 2.75) is 18.5 Å². The first-order valence-corrected chi connectivity index (χ1v) is 5.86. The van der Waals surface area contributed by atoms with Gasteiger partial charge in [-0.1, -0.05) is 0 Å². The molecule has 0 spiro atoms. The van der Waals surface area contributed by atoms with E-state index in [9.17, 15) is 0 Å². The molecule has 1 aliphatic heterocycles. The predicted molar refractivity (Wildman–Crippen MR) is 64.2 cm³/mol. The van der Waals surface area contributed by atoms with E-state index >= 15 is 0 Å². The number of rotatable bonds is 2. The fourth-order valence-corrected chi connectivity index (χ4v) is 2.36. The molecule has 2 atom stereocenters. The van der Waals surface area contributed by atoms with Crippen LogP contribution in [0.25, 0.3) is 0 Å². The van der Waals surface area contributed by atoms with Crippen molar-refractivity contribution in [1.82, 2.24) is 9.80 Å². The van der Waals surface area contributed by atoms with Crippen LogP contribution in [0.3, 0.4) is 0 Å². The lowest BCUT2D eigenvalue weighted by molar-refractivity contribution is 0.185. The van der Waals surface area contributed by atoms with E-state index in [0.29, 0.717) is 6.04 Å². The van der Waals surface area contributed by atoms with Crippen molar-refractivity contribution in [3.8, 4) is 0 Å². The summed E-state index contributed by atoms with van der Waals surface area (Å²) in [5, 5.41) is 0. The molecule has 2 rings (SSSR count). The van der Waals surface area contributed by atoms with Crippen molar-refractivity contribution in [2.75, 3.05) is 33.7 Å². The molecule has 1 fully saturated rings. The zero-order valence-corrected chi connectivity index (χ0v) is 10.1. The topological polar surface area (TPSA) is 45.6 Å². The summed E-state index contributed by atoms with van der Waals surface area (Å²) in [7, 11) is 4.30. The Balaban J connectivity index is 2.10. The molecule has 16 heavy (non-hydrogen) atoms. The molecule has 0 aromatic carbocycles. The standard InChI is InChI=1S/C12H21N3O/c1-14-6-4-7-15(2)10(9-14)12(13)11-5-3-8-16-11/h3,5,8,10,12H,4,6-7,9,13H2,1-2H3. The summed E-state index contributed by atoms with van der Waals surface area (Å²) in [4.78, 5) is 4.69. The van der Waals surface area contributed by atoms with Crippen LogP contribution in [-0.2, 0) is 0 Å². The van der Waals surface area contributed by atoms with Crippen LogP contribution in [0.15, 0.2) is 22.8 Å². The Hall–Kier alpha value is -0.840. The van der Waals surface area contributed by atoms with Crippen molar-refractivity contribution in [3.63, 3.8) is 0 Å². The highest BCUT2D eigenvalue weighted by molar-refractivity contribution is 5.07. The maximum atomic E-state index is 6.27. The SMILES string of the molecule is CN1CCCN(C)C(C(N)c2ccco2)C1. The van der Waals surface area contributed by atoms with Gasteiger partial charge in [0.1, 0.15) is 5.76 Å². The van der Waals surface area contributed by atoms with E-state index in [1.165, 1.54) is 6.42 Å². The normalized spacial score (nSPS) is 26.6. The van der Waals surface area contributed by atoms with Gasteiger partial charge < -0.3 is 20.0 Å². The van der Waals surface area contributed by atoms with E-state index < -0.39 is 0 Å².